The van der Waals surface area contributed by atoms with Gasteiger partial charge in [0.1, 0.15) is 0 Å². The van der Waals surface area contributed by atoms with E-state index in [0.29, 0.717) is 24.0 Å². The van der Waals surface area contributed by atoms with Gasteiger partial charge in [0.05, 0.1) is 10.6 Å². The van der Waals surface area contributed by atoms with Gasteiger partial charge in [0.15, 0.2) is 5.13 Å². The largest absolute Gasteiger partial charge is 0.359 e. The molecule has 1 fully saturated rings. The minimum atomic E-state index is -3.40. The van der Waals surface area contributed by atoms with E-state index in [-0.39, 0.29) is 0 Å². The van der Waals surface area contributed by atoms with Crippen LogP contribution in [0.5, 0.6) is 0 Å². The van der Waals surface area contributed by atoms with E-state index >= 15 is 0 Å². The summed E-state index contributed by atoms with van der Waals surface area (Å²) in [5.41, 5.74) is 1.81. The van der Waals surface area contributed by atoms with Gasteiger partial charge in [-0.05, 0) is 25.0 Å². The molecular weight excluding hydrogens is 330 g/mol. The van der Waals surface area contributed by atoms with Crippen molar-refractivity contribution in [2.24, 2.45) is 0 Å². The second-order valence-corrected chi connectivity index (χ2v) is 8.37. The zero-order chi connectivity index (χ0) is 16.4. The van der Waals surface area contributed by atoms with E-state index < -0.39 is 10.0 Å². The van der Waals surface area contributed by atoms with E-state index in [1.54, 1.807) is 23.5 Å². The summed E-state index contributed by atoms with van der Waals surface area (Å²) in [6.07, 6.45) is 2.43. The van der Waals surface area contributed by atoms with E-state index in [1.807, 2.05) is 31.4 Å². The second-order valence-electron chi connectivity index (χ2n) is 5.57. The Morgan fingerprint density at radius 3 is 2.43 bits per heavy atom. The van der Waals surface area contributed by atoms with Gasteiger partial charge in [-0.15, -0.1) is 11.3 Å². The number of thiazole rings is 1. The van der Waals surface area contributed by atoms with Gasteiger partial charge in [-0.1, -0.05) is 26.0 Å². The zero-order valence-electron chi connectivity index (χ0n) is 13.3. The third kappa shape index (κ3) is 3.57. The first-order valence-corrected chi connectivity index (χ1v) is 10.2. The lowest BCUT2D eigenvalue weighted by atomic mass is 10.2. The topological polar surface area (TPSA) is 62.3 Å². The summed E-state index contributed by atoms with van der Waals surface area (Å²) in [4.78, 5) is 4.90. The van der Waals surface area contributed by atoms with Crippen LogP contribution in [0.25, 0.3) is 11.3 Å². The summed E-state index contributed by atoms with van der Waals surface area (Å²) in [6.45, 7) is 4.64. The molecule has 0 radical (unpaired) electrons. The number of hydrogen-bond donors (Lipinski definition) is 1. The molecule has 0 unspecified atom stereocenters. The molecule has 0 spiro atoms. The molecule has 0 saturated heterocycles. The number of nitrogens with zero attached hydrogens (tertiary/aromatic N) is 2. The van der Waals surface area contributed by atoms with E-state index in [9.17, 15) is 8.42 Å². The average Bonchev–Trinajstić information content (AvgIpc) is 3.23. The second kappa shape index (κ2) is 6.59. The monoisotopic (exact) mass is 351 g/mol. The molecule has 1 heterocycles. The minimum Gasteiger partial charge on any atom is -0.359 e. The maximum absolute atomic E-state index is 12.5. The first-order chi connectivity index (χ1) is 11.0. The van der Waals surface area contributed by atoms with Crippen LogP contribution >= 0.6 is 11.3 Å². The molecule has 0 aliphatic heterocycles. The van der Waals surface area contributed by atoms with Gasteiger partial charge >= 0.3 is 0 Å². The van der Waals surface area contributed by atoms with E-state index in [0.717, 1.165) is 16.4 Å². The number of nitrogens with one attached hydrogen (secondary N) is 1. The summed E-state index contributed by atoms with van der Waals surface area (Å²) in [6, 6.07) is 7.56. The molecule has 23 heavy (non-hydrogen) atoms. The third-order valence-electron chi connectivity index (χ3n) is 3.90. The van der Waals surface area contributed by atoms with Gasteiger partial charge in [0, 0.05) is 30.1 Å². The molecule has 1 aliphatic carbocycles. The number of rotatable bonds is 7. The maximum atomic E-state index is 12.5. The summed E-state index contributed by atoms with van der Waals surface area (Å²) in [5, 5.41) is 6.31. The Bertz CT molecular complexity index is 761. The van der Waals surface area contributed by atoms with Gasteiger partial charge in [-0.25, -0.2) is 13.4 Å². The van der Waals surface area contributed by atoms with Crippen molar-refractivity contribution in [3.8, 4) is 11.3 Å². The first kappa shape index (κ1) is 16.4. The maximum Gasteiger partial charge on any atom is 0.243 e. The highest BCUT2D eigenvalue weighted by molar-refractivity contribution is 7.89. The Morgan fingerprint density at radius 2 is 1.87 bits per heavy atom. The predicted molar refractivity (Wildman–Crippen MR) is 94.3 cm³/mol. The Balaban J connectivity index is 1.80. The normalized spacial score (nSPS) is 15.1. The molecule has 1 aromatic carbocycles. The van der Waals surface area contributed by atoms with Crippen LogP contribution < -0.4 is 5.32 Å². The number of sulfonamides is 1. The molecule has 1 aromatic heterocycles. The molecule has 7 heteroatoms. The highest BCUT2D eigenvalue weighted by Gasteiger charge is 2.23. The summed E-state index contributed by atoms with van der Waals surface area (Å²) in [5.74, 6) is 0. The Labute approximate surface area is 141 Å². The van der Waals surface area contributed by atoms with Crippen LogP contribution in [-0.4, -0.2) is 36.8 Å². The predicted octanol–water partition coefficient (Wildman–Crippen LogP) is 3.41. The quantitative estimate of drug-likeness (QED) is 0.830. The molecule has 1 aliphatic rings. The van der Waals surface area contributed by atoms with E-state index in [2.05, 4.69) is 10.3 Å². The Morgan fingerprint density at radius 1 is 1.22 bits per heavy atom. The lowest BCUT2D eigenvalue weighted by Gasteiger charge is -2.18. The van der Waals surface area contributed by atoms with Crippen molar-refractivity contribution in [2.75, 3.05) is 18.4 Å². The van der Waals surface area contributed by atoms with E-state index in [1.165, 1.54) is 17.1 Å². The fraction of sp³-hybridized carbons (Fsp3) is 0.438. The molecule has 124 valence electrons. The third-order valence-corrected chi connectivity index (χ3v) is 6.74. The van der Waals surface area contributed by atoms with Gasteiger partial charge in [0.2, 0.25) is 10.0 Å². The average molecular weight is 351 g/mol. The van der Waals surface area contributed by atoms with E-state index in [4.69, 9.17) is 0 Å². The van der Waals surface area contributed by atoms with Crippen molar-refractivity contribution >= 4 is 26.5 Å². The van der Waals surface area contributed by atoms with Crippen LogP contribution in [-0.2, 0) is 10.0 Å². The standard InChI is InChI=1S/C16H21N3O2S2/c1-3-19(4-2)23(20,21)14-9-5-12(6-10-14)15-11-22-16(18-15)17-13-7-8-13/h5-6,9-11,13H,3-4,7-8H2,1-2H3,(H,17,18). The smallest absolute Gasteiger partial charge is 0.243 e. The molecule has 2 aromatic rings. The number of aromatic nitrogens is 1. The molecule has 0 amide bonds. The molecular formula is C16H21N3O2S2. The molecule has 1 N–H and O–H groups in total. The van der Waals surface area contributed by atoms with Crippen molar-refractivity contribution in [3.63, 3.8) is 0 Å². The lowest BCUT2D eigenvalue weighted by Crippen LogP contribution is -2.30. The van der Waals surface area contributed by atoms with Crippen LogP contribution in [0.3, 0.4) is 0 Å². The van der Waals surface area contributed by atoms with Crippen LogP contribution in [0.4, 0.5) is 5.13 Å². The van der Waals surface area contributed by atoms with Crippen LogP contribution in [0.2, 0.25) is 0 Å². The highest BCUT2D eigenvalue weighted by Crippen LogP contribution is 2.30. The minimum absolute atomic E-state index is 0.330. The number of anilines is 1. The van der Waals surface area contributed by atoms with Gasteiger partial charge in [-0.3, -0.25) is 0 Å². The highest BCUT2D eigenvalue weighted by atomic mass is 32.2. The van der Waals surface area contributed by atoms with Crippen molar-refractivity contribution in [1.82, 2.24) is 9.29 Å². The number of hydrogen-bond acceptors (Lipinski definition) is 5. The SMILES string of the molecule is CCN(CC)S(=O)(=O)c1ccc(-c2csc(NC3CC3)n2)cc1. The van der Waals surface area contributed by atoms with Gasteiger partial charge in [0.25, 0.3) is 0 Å². The first-order valence-electron chi connectivity index (χ1n) is 7.87. The summed E-state index contributed by atoms with van der Waals surface area (Å²) >= 11 is 1.59. The lowest BCUT2D eigenvalue weighted by molar-refractivity contribution is 0.445. The van der Waals surface area contributed by atoms with Gasteiger partial charge in [-0.2, -0.15) is 4.31 Å². The molecule has 1 saturated carbocycles. The van der Waals surface area contributed by atoms with Crippen LogP contribution in [0, 0.1) is 0 Å². The Hall–Kier alpha value is -1.44. The molecule has 5 nitrogen and oxygen atoms in total. The zero-order valence-corrected chi connectivity index (χ0v) is 15.0. The van der Waals surface area contributed by atoms with Crippen molar-refractivity contribution in [2.45, 2.75) is 37.6 Å². The van der Waals surface area contributed by atoms with Crippen molar-refractivity contribution in [1.29, 1.82) is 0 Å². The van der Waals surface area contributed by atoms with Crippen LogP contribution in [0.1, 0.15) is 26.7 Å². The number of benzene rings is 1. The summed E-state index contributed by atoms with van der Waals surface area (Å²) in [7, 11) is -3.40. The van der Waals surface area contributed by atoms with Crippen molar-refractivity contribution in [3.05, 3.63) is 29.6 Å². The van der Waals surface area contributed by atoms with Crippen molar-refractivity contribution < 1.29 is 8.42 Å². The van der Waals surface area contributed by atoms with Crippen LogP contribution in [0.15, 0.2) is 34.5 Å². The van der Waals surface area contributed by atoms with Gasteiger partial charge < -0.3 is 5.32 Å². The molecule has 0 bridgehead atoms. The summed E-state index contributed by atoms with van der Waals surface area (Å²) < 4.78 is 26.4. The molecule has 0 atom stereocenters. The Kier molecular flexibility index (Phi) is 4.70. The molecule has 3 rings (SSSR count). The fourth-order valence-corrected chi connectivity index (χ4v) is 4.64. The fourth-order valence-electron chi connectivity index (χ4n) is 2.39.